The van der Waals surface area contributed by atoms with Crippen molar-refractivity contribution in [1.82, 2.24) is 15.3 Å². The first-order valence-corrected chi connectivity index (χ1v) is 6.26. The largest absolute Gasteiger partial charge is 0.475 e. The Morgan fingerprint density at radius 3 is 2.53 bits per heavy atom. The van der Waals surface area contributed by atoms with E-state index in [1.54, 1.807) is 6.33 Å². The minimum Gasteiger partial charge on any atom is -0.475 e. The van der Waals surface area contributed by atoms with Gasteiger partial charge in [0, 0.05) is 18.0 Å². The van der Waals surface area contributed by atoms with E-state index < -0.39 is 0 Å². The second-order valence-electron chi connectivity index (χ2n) is 4.58. The summed E-state index contributed by atoms with van der Waals surface area (Å²) < 4.78 is 5.57. The first kappa shape index (κ1) is 13.9. The Morgan fingerprint density at radius 1 is 1.24 bits per heavy atom. The fraction of sp³-hybridized carbons (Fsp3) is 0.692. The van der Waals surface area contributed by atoms with Crippen LogP contribution in [-0.4, -0.2) is 28.7 Å². The molecule has 2 unspecified atom stereocenters. The number of nitrogens with zero attached hydrogens (tertiary/aromatic N) is 2. The highest BCUT2D eigenvalue weighted by Gasteiger charge is 2.15. The van der Waals surface area contributed by atoms with Crippen LogP contribution in [0.3, 0.4) is 0 Å². The quantitative estimate of drug-likeness (QED) is 0.825. The van der Waals surface area contributed by atoms with Gasteiger partial charge < -0.3 is 10.1 Å². The van der Waals surface area contributed by atoms with Crippen molar-refractivity contribution in [2.45, 2.75) is 52.7 Å². The highest BCUT2D eigenvalue weighted by molar-refractivity contribution is 5.18. The maximum absolute atomic E-state index is 5.57. The third kappa shape index (κ3) is 4.30. The van der Waals surface area contributed by atoms with Gasteiger partial charge in [0.1, 0.15) is 6.33 Å². The number of aromatic nitrogens is 2. The smallest absolute Gasteiger partial charge is 0.216 e. The van der Waals surface area contributed by atoms with Gasteiger partial charge in [-0.15, -0.1) is 0 Å². The Bertz CT molecular complexity index is 341. The molecule has 1 heterocycles. The van der Waals surface area contributed by atoms with E-state index in [9.17, 15) is 0 Å². The normalized spacial score (nSPS) is 14.7. The highest BCUT2D eigenvalue weighted by Crippen LogP contribution is 2.19. The molecule has 17 heavy (non-hydrogen) atoms. The Morgan fingerprint density at radius 2 is 1.94 bits per heavy atom. The van der Waals surface area contributed by atoms with Gasteiger partial charge in [0.15, 0.2) is 0 Å². The zero-order chi connectivity index (χ0) is 12.8. The average Bonchev–Trinajstić information content (AvgIpc) is 2.28. The molecular formula is C13H23N3O. The third-order valence-electron chi connectivity index (χ3n) is 2.76. The van der Waals surface area contributed by atoms with Gasteiger partial charge in [-0.25, -0.2) is 9.97 Å². The SMILES string of the molecule is CCNC(C)C(C)c1cc(OC(C)C)ncn1. The van der Waals surface area contributed by atoms with Gasteiger partial charge in [0.2, 0.25) is 5.88 Å². The lowest BCUT2D eigenvalue weighted by molar-refractivity contribution is 0.231. The van der Waals surface area contributed by atoms with Crippen molar-refractivity contribution in [3.8, 4) is 5.88 Å². The van der Waals surface area contributed by atoms with Crippen molar-refractivity contribution in [2.75, 3.05) is 6.54 Å². The molecule has 0 aliphatic rings. The van der Waals surface area contributed by atoms with Crippen molar-refractivity contribution in [3.05, 3.63) is 18.1 Å². The predicted octanol–water partition coefficient (Wildman–Crippen LogP) is 2.37. The van der Waals surface area contributed by atoms with E-state index in [0.717, 1.165) is 12.2 Å². The molecule has 0 amide bonds. The van der Waals surface area contributed by atoms with Crippen molar-refractivity contribution in [3.63, 3.8) is 0 Å². The first-order chi connectivity index (χ1) is 8.04. The summed E-state index contributed by atoms with van der Waals surface area (Å²) in [4.78, 5) is 8.43. The maximum atomic E-state index is 5.57. The number of likely N-dealkylation sites (N-methyl/N-ethyl adjacent to an activating group) is 1. The second kappa shape index (κ2) is 6.55. The van der Waals surface area contributed by atoms with Gasteiger partial charge in [-0.05, 0) is 27.3 Å². The zero-order valence-electron chi connectivity index (χ0n) is 11.4. The zero-order valence-corrected chi connectivity index (χ0v) is 11.4. The van der Waals surface area contributed by atoms with Crippen LogP contribution in [0.2, 0.25) is 0 Å². The molecule has 1 rings (SSSR count). The fourth-order valence-corrected chi connectivity index (χ4v) is 1.66. The van der Waals surface area contributed by atoms with E-state index in [2.05, 4.69) is 36.1 Å². The summed E-state index contributed by atoms with van der Waals surface area (Å²) >= 11 is 0. The fourth-order valence-electron chi connectivity index (χ4n) is 1.66. The number of ether oxygens (including phenoxy) is 1. The summed E-state index contributed by atoms with van der Waals surface area (Å²) in [6.45, 7) is 11.4. The molecule has 0 aliphatic carbocycles. The van der Waals surface area contributed by atoms with Crippen LogP contribution < -0.4 is 10.1 Å². The van der Waals surface area contributed by atoms with Crippen LogP contribution in [0.1, 0.15) is 46.2 Å². The molecule has 2 atom stereocenters. The van der Waals surface area contributed by atoms with Crippen LogP contribution in [0.4, 0.5) is 0 Å². The number of hydrogen-bond donors (Lipinski definition) is 1. The Kier molecular flexibility index (Phi) is 5.35. The molecule has 0 aromatic carbocycles. The van der Waals surface area contributed by atoms with E-state index in [4.69, 9.17) is 4.74 Å². The molecule has 0 saturated heterocycles. The molecular weight excluding hydrogens is 214 g/mol. The number of nitrogens with one attached hydrogen (secondary N) is 1. The Hall–Kier alpha value is -1.16. The molecule has 0 fully saturated rings. The highest BCUT2D eigenvalue weighted by atomic mass is 16.5. The summed E-state index contributed by atoms with van der Waals surface area (Å²) in [5, 5.41) is 3.40. The van der Waals surface area contributed by atoms with Gasteiger partial charge in [0.05, 0.1) is 11.8 Å². The van der Waals surface area contributed by atoms with Crippen LogP contribution in [0.25, 0.3) is 0 Å². The summed E-state index contributed by atoms with van der Waals surface area (Å²) in [7, 11) is 0. The first-order valence-electron chi connectivity index (χ1n) is 6.26. The molecule has 1 aromatic rings. The third-order valence-corrected chi connectivity index (χ3v) is 2.76. The lowest BCUT2D eigenvalue weighted by atomic mass is 9.99. The van der Waals surface area contributed by atoms with Gasteiger partial charge in [0.25, 0.3) is 0 Å². The maximum Gasteiger partial charge on any atom is 0.216 e. The molecule has 4 heteroatoms. The van der Waals surface area contributed by atoms with Crippen molar-refractivity contribution < 1.29 is 4.74 Å². The van der Waals surface area contributed by atoms with Gasteiger partial charge in [-0.1, -0.05) is 13.8 Å². The molecule has 0 saturated carbocycles. The Balaban J connectivity index is 2.76. The van der Waals surface area contributed by atoms with Crippen molar-refractivity contribution in [2.24, 2.45) is 0 Å². The average molecular weight is 237 g/mol. The van der Waals surface area contributed by atoms with Gasteiger partial charge in [-0.2, -0.15) is 0 Å². The van der Waals surface area contributed by atoms with Crippen LogP contribution >= 0.6 is 0 Å². The molecule has 0 spiro atoms. The van der Waals surface area contributed by atoms with Crippen LogP contribution in [0.5, 0.6) is 5.88 Å². The summed E-state index contributed by atoms with van der Waals surface area (Å²) in [5.41, 5.74) is 1.02. The van der Waals surface area contributed by atoms with Gasteiger partial charge >= 0.3 is 0 Å². The monoisotopic (exact) mass is 237 g/mol. The van der Waals surface area contributed by atoms with E-state index in [0.29, 0.717) is 17.8 Å². The molecule has 1 aromatic heterocycles. The van der Waals surface area contributed by atoms with E-state index >= 15 is 0 Å². The van der Waals surface area contributed by atoms with Crippen molar-refractivity contribution in [1.29, 1.82) is 0 Å². The summed E-state index contributed by atoms with van der Waals surface area (Å²) in [5.74, 6) is 0.994. The number of hydrogen-bond acceptors (Lipinski definition) is 4. The lowest BCUT2D eigenvalue weighted by Crippen LogP contribution is -2.31. The standard InChI is InChI=1S/C13H23N3O/c1-6-14-11(5)10(4)12-7-13(16-8-15-12)17-9(2)3/h7-11,14H,6H2,1-5H3. The molecule has 0 aliphatic heterocycles. The number of rotatable bonds is 6. The minimum atomic E-state index is 0.138. The topological polar surface area (TPSA) is 47.0 Å². The lowest BCUT2D eigenvalue weighted by Gasteiger charge is -2.20. The van der Waals surface area contributed by atoms with Crippen LogP contribution in [0.15, 0.2) is 12.4 Å². The molecule has 0 bridgehead atoms. The minimum absolute atomic E-state index is 0.138. The molecule has 0 radical (unpaired) electrons. The van der Waals surface area contributed by atoms with Crippen LogP contribution in [0, 0.1) is 0 Å². The molecule has 1 N–H and O–H groups in total. The molecule has 4 nitrogen and oxygen atoms in total. The van der Waals surface area contributed by atoms with E-state index in [1.165, 1.54) is 0 Å². The second-order valence-corrected chi connectivity index (χ2v) is 4.58. The van der Waals surface area contributed by atoms with Crippen molar-refractivity contribution >= 4 is 0 Å². The Labute approximate surface area is 104 Å². The predicted molar refractivity (Wildman–Crippen MR) is 69.3 cm³/mol. The van der Waals surface area contributed by atoms with E-state index in [1.807, 2.05) is 19.9 Å². The van der Waals surface area contributed by atoms with Gasteiger partial charge in [-0.3, -0.25) is 0 Å². The molecule has 96 valence electrons. The van der Waals surface area contributed by atoms with Crippen LogP contribution in [-0.2, 0) is 0 Å². The summed E-state index contributed by atoms with van der Waals surface area (Å²) in [6.07, 6.45) is 1.71. The summed E-state index contributed by atoms with van der Waals surface area (Å²) in [6, 6.07) is 2.32. The van der Waals surface area contributed by atoms with E-state index in [-0.39, 0.29) is 6.10 Å².